The van der Waals surface area contributed by atoms with E-state index in [1.807, 2.05) is 19.1 Å². The summed E-state index contributed by atoms with van der Waals surface area (Å²) >= 11 is 2.79. The lowest BCUT2D eigenvalue weighted by atomic mass is 10.0. The van der Waals surface area contributed by atoms with Crippen molar-refractivity contribution in [1.82, 2.24) is 10.2 Å². The van der Waals surface area contributed by atoms with Crippen LogP contribution in [0.3, 0.4) is 0 Å². The summed E-state index contributed by atoms with van der Waals surface area (Å²) in [5.41, 5.74) is 5.63. The van der Waals surface area contributed by atoms with Gasteiger partial charge < -0.3 is 21.3 Å². The van der Waals surface area contributed by atoms with Crippen molar-refractivity contribution in [1.29, 1.82) is 0 Å². The molecule has 28 heavy (non-hydrogen) atoms. The Morgan fingerprint density at radius 1 is 1.21 bits per heavy atom. The molecule has 7 nitrogen and oxygen atoms in total. The number of carbonyl (C=O) groups excluding carboxylic acids is 3. The number of nitrogens with one attached hydrogen (secondary N) is 2. The van der Waals surface area contributed by atoms with E-state index in [1.165, 1.54) is 22.7 Å². The van der Waals surface area contributed by atoms with Crippen molar-refractivity contribution >= 4 is 45.4 Å². The van der Waals surface area contributed by atoms with Gasteiger partial charge >= 0.3 is 0 Å². The Labute approximate surface area is 171 Å². The highest BCUT2D eigenvalue weighted by molar-refractivity contribution is 7.14. The molecule has 0 aliphatic carbocycles. The summed E-state index contributed by atoms with van der Waals surface area (Å²) in [6, 6.07) is 5.60. The van der Waals surface area contributed by atoms with E-state index in [9.17, 15) is 14.4 Å². The van der Waals surface area contributed by atoms with Gasteiger partial charge in [0.15, 0.2) is 0 Å². The molecule has 1 fully saturated rings. The van der Waals surface area contributed by atoms with Gasteiger partial charge in [0, 0.05) is 37.0 Å². The van der Waals surface area contributed by atoms with Crippen LogP contribution in [-0.4, -0.2) is 48.3 Å². The summed E-state index contributed by atoms with van der Waals surface area (Å²) in [6.07, 6.45) is 2.09. The molecule has 0 radical (unpaired) electrons. The van der Waals surface area contributed by atoms with Gasteiger partial charge in [-0.1, -0.05) is 0 Å². The molecule has 1 saturated heterocycles. The zero-order chi connectivity index (χ0) is 20.1. The first-order valence-electron chi connectivity index (χ1n) is 9.19. The Kier molecular flexibility index (Phi) is 6.82. The molecule has 3 amide bonds. The molecule has 2 aromatic rings. The number of aryl methyl sites for hydroxylation is 1. The fraction of sp³-hybridized carbons (Fsp3) is 0.421. The number of nitrogens with two attached hydrogens (primary N) is 1. The van der Waals surface area contributed by atoms with Crippen molar-refractivity contribution in [3.63, 3.8) is 0 Å². The number of piperidine rings is 1. The minimum Gasteiger partial charge on any atom is -0.366 e. The topological polar surface area (TPSA) is 105 Å². The second kappa shape index (κ2) is 9.31. The van der Waals surface area contributed by atoms with E-state index >= 15 is 0 Å². The van der Waals surface area contributed by atoms with Gasteiger partial charge in [-0.15, -0.1) is 22.7 Å². The van der Waals surface area contributed by atoms with Crippen molar-refractivity contribution in [3.8, 4) is 0 Å². The van der Waals surface area contributed by atoms with Crippen molar-refractivity contribution < 1.29 is 14.4 Å². The van der Waals surface area contributed by atoms with Gasteiger partial charge in [-0.3, -0.25) is 14.4 Å². The molecule has 1 aliphatic heterocycles. The maximum atomic E-state index is 12.3. The zero-order valence-corrected chi connectivity index (χ0v) is 17.3. The van der Waals surface area contributed by atoms with Crippen LogP contribution in [0, 0.1) is 6.92 Å². The van der Waals surface area contributed by atoms with Crippen molar-refractivity contribution in [2.75, 3.05) is 25.0 Å². The molecular weight excluding hydrogens is 396 g/mol. The predicted octanol–water partition coefficient (Wildman–Crippen LogP) is 2.44. The molecular formula is C19H24N4O3S2. The molecule has 0 unspecified atom stereocenters. The summed E-state index contributed by atoms with van der Waals surface area (Å²) in [5, 5.41) is 8.10. The third-order valence-corrected chi connectivity index (χ3v) is 6.55. The number of likely N-dealkylation sites (tertiary alicyclic amines) is 1. The van der Waals surface area contributed by atoms with Gasteiger partial charge in [0.2, 0.25) is 5.91 Å². The van der Waals surface area contributed by atoms with Crippen molar-refractivity contribution in [2.24, 2.45) is 5.73 Å². The van der Waals surface area contributed by atoms with Crippen LogP contribution in [0.15, 0.2) is 23.6 Å². The minimum atomic E-state index is -0.543. The largest absolute Gasteiger partial charge is 0.366 e. The monoisotopic (exact) mass is 420 g/mol. The first-order valence-corrected chi connectivity index (χ1v) is 10.9. The molecule has 1 aliphatic rings. The third-order valence-electron chi connectivity index (χ3n) is 4.73. The Balaban J connectivity index is 1.38. The number of nitrogens with zero attached hydrogens (tertiary/aromatic N) is 1. The van der Waals surface area contributed by atoms with Crippen LogP contribution >= 0.6 is 22.7 Å². The van der Waals surface area contributed by atoms with Crippen LogP contribution in [0.4, 0.5) is 5.00 Å². The Hall–Kier alpha value is -2.23. The molecule has 0 aromatic carbocycles. The quantitative estimate of drug-likeness (QED) is 0.640. The van der Waals surface area contributed by atoms with E-state index in [-0.39, 0.29) is 17.9 Å². The van der Waals surface area contributed by atoms with Gasteiger partial charge in [0.25, 0.3) is 11.8 Å². The maximum Gasteiger partial charge on any atom is 0.261 e. The summed E-state index contributed by atoms with van der Waals surface area (Å²) in [4.78, 5) is 39.8. The summed E-state index contributed by atoms with van der Waals surface area (Å²) in [6.45, 7) is 4.32. The van der Waals surface area contributed by atoms with E-state index in [0.717, 1.165) is 35.7 Å². The standard InChI is InChI=1S/C19H24N4O3S2/c1-12-2-3-15(28-12)18(26)21-13-4-8-23(9-5-13)10-6-16(24)22-19-14(17(20)25)7-11-27-19/h2-3,7,11,13H,4-6,8-10H2,1H3,(H2,20,25)(H,21,26)(H,22,24). The predicted molar refractivity (Wildman–Crippen MR) is 112 cm³/mol. The normalized spacial score (nSPS) is 15.3. The first-order chi connectivity index (χ1) is 13.4. The number of primary amides is 1. The van der Waals surface area contributed by atoms with Crippen LogP contribution in [0.1, 0.15) is 44.2 Å². The van der Waals surface area contributed by atoms with Crippen LogP contribution in [0.5, 0.6) is 0 Å². The van der Waals surface area contributed by atoms with Crippen LogP contribution in [-0.2, 0) is 4.79 Å². The summed E-state index contributed by atoms with van der Waals surface area (Å²) < 4.78 is 0. The number of carbonyl (C=O) groups is 3. The van der Waals surface area contributed by atoms with E-state index < -0.39 is 5.91 Å². The molecule has 0 spiro atoms. The van der Waals surface area contributed by atoms with Gasteiger partial charge in [0.05, 0.1) is 10.4 Å². The minimum absolute atomic E-state index is 0.00266. The van der Waals surface area contributed by atoms with E-state index in [2.05, 4.69) is 15.5 Å². The lowest BCUT2D eigenvalue weighted by molar-refractivity contribution is -0.116. The van der Waals surface area contributed by atoms with Crippen LogP contribution < -0.4 is 16.4 Å². The smallest absolute Gasteiger partial charge is 0.261 e. The second-order valence-electron chi connectivity index (χ2n) is 6.83. The molecule has 0 atom stereocenters. The highest BCUT2D eigenvalue weighted by Crippen LogP contribution is 2.23. The molecule has 4 N–H and O–H groups in total. The average Bonchev–Trinajstić information content (AvgIpc) is 3.30. The van der Waals surface area contributed by atoms with E-state index in [4.69, 9.17) is 5.73 Å². The number of anilines is 1. The summed E-state index contributed by atoms with van der Waals surface area (Å²) in [5.74, 6) is -0.677. The number of hydrogen-bond donors (Lipinski definition) is 3. The number of thiophene rings is 2. The van der Waals surface area contributed by atoms with Crippen molar-refractivity contribution in [2.45, 2.75) is 32.2 Å². The number of rotatable bonds is 7. The highest BCUT2D eigenvalue weighted by Gasteiger charge is 2.22. The highest BCUT2D eigenvalue weighted by atomic mass is 32.1. The Morgan fingerprint density at radius 2 is 1.96 bits per heavy atom. The third kappa shape index (κ3) is 5.40. The fourth-order valence-corrected chi connectivity index (χ4v) is 4.74. The lowest BCUT2D eigenvalue weighted by Crippen LogP contribution is -2.45. The summed E-state index contributed by atoms with van der Waals surface area (Å²) in [7, 11) is 0. The molecule has 2 aromatic heterocycles. The number of amides is 3. The second-order valence-corrected chi connectivity index (χ2v) is 9.03. The Bertz CT molecular complexity index is 853. The van der Waals surface area contributed by atoms with Gasteiger partial charge in [-0.2, -0.15) is 0 Å². The van der Waals surface area contributed by atoms with Gasteiger partial charge in [-0.05, 0) is 43.3 Å². The van der Waals surface area contributed by atoms with Crippen LogP contribution in [0.25, 0.3) is 0 Å². The number of hydrogen-bond acceptors (Lipinski definition) is 6. The molecule has 150 valence electrons. The molecule has 0 saturated carbocycles. The fourth-order valence-electron chi connectivity index (χ4n) is 3.16. The first kappa shape index (κ1) is 20.5. The zero-order valence-electron chi connectivity index (χ0n) is 15.7. The molecule has 3 rings (SSSR count). The van der Waals surface area contributed by atoms with Crippen LogP contribution in [0.2, 0.25) is 0 Å². The lowest BCUT2D eigenvalue weighted by Gasteiger charge is -2.32. The SMILES string of the molecule is Cc1ccc(C(=O)NC2CCN(CCC(=O)Nc3sccc3C(N)=O)CC2)s1. The molecule has 9 heteroatoms. The van der Waals surface area contributed by atoms with E-state index in [0.29, 0.717) is 23.5 Å². The maximum absolute atomic E-state index is 12.3. The van der Waals surface area contributed by atoms with E-state index in [1.54, 1.807) is 11.4 Å². The van der Waals surface area contributed by atoms with Gasteiger partial charge in [-0.25, -0.2) is 0 Å². The van der Waals surface area contributed by atoms with Gasteiger partial charge in [0.1, 0.15) is 5.00 Å². The average molecular weight is 421 g/mol. The van der Waals surface area contributed by atoms with Crippen molar-refractivity contribution in [3.05, 3.63) is 38.9 Å². The molecule has 0 bridgehead atoms. The molecule has 3 heterocycles. The Morgan fingerprint density at radius 3 is 2.61 bits per heavy atom.